The van der Waals surface area contributed by atoms with Gasteiger partial charge >= 0.3 is 0 Å². The summed E-state index contributed by atoms with van der Waals surface area (Å²) < 4.78 is 41.1. The Balaban J connectivity index is 1.79. The van der Waals surface area contributed by atoms with Crippen molar-refractivity contribution in [3.8, 4) is 0 Å². The van der Waals surface area contributed by atoms with Crippen molar-refractivity contribution in [2.75, 3.05) is 33.7 Å². The molecule has 168 valence electrons. The van der Waals surface area contributed by atoms with E-state index in [1.54, 1.807) is 25.1 Å². The minimum absolute atomic E-state index is 0.138. The van der Waals surface area contributed by atoms with Gasteiger partial charge in [-0.2, -0.15) is 4.31 Å². The normalized spacial score (nSPS) is 16.3. The molecule has 6 nitrogen and oxygen atoms in total. The Morgan fingerprint density at radius 1 is 1.13 bits per heavy atom. The summed E-state index contributed by atoms with van der Waals surface area (Å²) in [5.41, 5.74) is 1.78. The maximum absolute atomic E-state index is 13.7. The van der Waals surface area contributed by atoms with Crippen molar-refractivity contribution >= 4 is 15.9 Å². The fourth-order valence-electron chi connectivity index (χ4n) is 3.86. The summed E-state index contributed by atoms with van der Waals surface area (Å²) in [6.07, 6.45) is 2.74. The summed E-state index contributed by atoms with van der Waals surface area (Å²) >= 11 is 0. The van der Waals surface area contributed by atoms with Crippen molar-refractivity contribution in [1.29, 1.82) is 0 Å². The molecule has 1 N–H and O–H groups in total. The molecule has 3 rings (SSSR count). The second-order valence-corrected chi connectivity index (χ2v) is 10.1. The quantitative estimate of drug-likeness (QED) is 0.707. The van der Waals surface area contributed by atoms with Crippen LogP contribution in [-0.2, 0) is 10.0 Å². The number of hydrogen-bond acceptors (Lipinski definition) is 4. The van der Waals surface area contributed by atoms with Crippen LogP contribution in [0.5, 0.6) is 0 Å². The number of carbonyl (C=O) groups is 1. The van der Waals surface area contributed by atoms with E-state index < -0.39 is 10.0 Å². The van der Waals surface area contributed by atoms with Gasteiger partial charge in [-0.1, -0.05) is 24.6 Å². The zero-order valence-electron chi connectivity index (χ0n) is 18.3. The molecule has 2 aromatic rings. The first-order chi connectivity index (χ1) is 14.7. The van der Waals surface area contributed by atoms with Crippen LogP contribution in [-0.4, -0.2) is 57.3 Å². The lowest BCUT2D eigenvalue weighted by molar-refractivity contribution is 0.0941. The maximum atomic E-state index is 13.7. The first-order valence-corrected chi connectivity index (χ1v) is 11.9. The minimum Gasteiger partial charge on any atom is -0.350 e. The Bertz CT molecular complexity index is 1030. The highest BCUT2D eigenvalue weighted by Gasteiger charge is 2.27. The number of aryl methyl sites for hydroxylation is 1. The zero-order valence-corrected chi connectivity index (χ0v) is 19.1. The second-order valence-electron chi connectivity index (χ2n) is 8.19. The van der Waals surface area contributed by atoms with E-state index in [0.29, 0.717) is 24.2 Å². The molecule has 2 aromatic carbocycles. The van der Waals surface area contributed by atoms with Crippen LogP contribution >= 0.6 is 0 Å². The Hall–Kier alpha value is -2.29. The number of sulfonamides is 1. The van der Waals surface area contributed by atoms with Crippen LogP contribution in [0.15, 0.2) is 47.4 Å². The van der Waals surface area contributed by atoms with Crippen LogP contribution in [0.3, 0.4) is 0 Å². The average Bonchev–Trinajstić information content (AvgIpc) is 2.74. The lowest BCUT2D eigenvalue weighted by Gasteiger charge is -2.26. The number of piperidine rings is 1. The molecular weight excluding hydrogens is 417 g/mol. The van der Waals surface area contributed by atoms with Crippen LogP contribution < -0.4 is 5.32 Å². The standard InChI is InChI=1S/C23H30FN3O3S/c1-17-10-11-20(31(29,30)27-12-5-4-6-13-27)15-21(17)23(28)25-16-22(26(2)3)18-8-7-9-19(24)14-18/h7-11,14-15,22H,4-6,12-13,16H2,1-3H3,(H,25,28). The number of nitrogens with one attached hydrogen (secondary N) is 1. The molecule has 31 heavy (non-hydrogen) atoms. The van der Waals surface area contributed by atoms with Gasteiger partial charge in [0.2, 0.25) is 10.0 Å². The summed E-state index contributed by atoms with van der Waals surface area (Å²) in [5.74, 6) is -0.682. The van der Waals surface area contributed by atoms with E-state index in [9.17, 15) is 17.6 Å². The number of likely N-dealkylation sites (N-methyl/N-ethyl adjacent to an activating group) is 1. The third-order valence-corrected chi connectivity index (χ3v) is 7.61. The SMILES string of the molecule is Cc1ccc(S(=O)(=O)N2CCCCC2)cc1C(=O)NCC(c1cccc(F)c1)N(C)C. The van der Waals surface area contributed by atoms with Crippen molar-refractivity contribution in [1.82, 2.24) is 14.5 Å². The second kappa shape index (κ2) is 9.89. The largest absolute Gasteiger partial charge is 0.350 e. The number of halogens is 1. The number of amides is 1. The Morgan fingerprint density at radius 3 is 2.48 bits per heavy atom. The monoisotopic (exact) mass is 447 g/mol. The van der Waals surface area contributed by atoms with Crippen LogP contribution in [0.4, 0.5) is 4.39 Å². The van der Waals surface area contributed by atoms with Gasteiger partial charge in [0, 0.05) is 25.2 Å². The number of benzene rings is 2. The summed E-state index contributed by atoms with van der Waals surface area (Å²) in [6.45, 7) is 3.06. The van der Waals surface area contributed by atoms with E-state index in [4.69, 9.17) is 0 Å². The molecule has 0 bridgehead atoms. The predicted molar refractivity (Wildman–Crippen MR) is 119 cm³/mol. The molecule has 1 heterocycles. The molecule has 1 amide bonds. The molecule has 8 heteroatoms. The lowest BCUT2D eigenvalue weighted by Crippen LogP contribution is -2.36. The zero-order chi connectivity index (χ0) is 22.6. The van der Waals surface area contributed by atoms with Gasteiger partial charge in [0.1, 0.15) is 5.82 Å². The summed E-state index contributed by atoms with van der Waals surface area (Å²) in [7, 11) is 0.0960. The van der Waals surface area contributed by atoms with Crippen molar-refractivity contribution in [2.45, 2.75) is 37.1 Å². The summed E-state index contributed by atoms with van der Waals surface area (Å²) in [6, 6.07) is 10.8. The molecule has 0 saturated carbocycles. The van der Waals surface area contributed by atoms with Gasteiger partial charge in [-0.25, -0.2) is 12.8 Å². The molecule has 1 unspecified atom stereocenters. The molecule has 0 radical (unpaired) electrons. The van der Waals surface area contributed by atoms with E-state index in [-0.39, 0.29) is 29.2 Å². The Morgan fingerprint density at radius 2 is 1.84 bits per heavy atom. The third kappa shape index (κ3) is 5.50. The molecular formula is C23H30FN3O3S. The van der Waals surface area contributed by atoms with Crippen LogP contribution in [0.2, 0.25) is 0 Å². The maximum Gasteiger partial charge on any atom is 0.251 e. The number of hydrogen-bond donors (Lipinski definition) is 1. The van der Waals surface area contributed by atoms with Gasteiger partial charge in [0.05, 0.1) is 10.9 Å². The van der Waals surface area contributed by atoms with Crippen molar-refractivity contribution in [3.05, 3.63) is 65.0 Å². The topological polar surface area (TPSA) is 69.7 Å². The number of nitrogens with zero attached hydrogens (tertiary/aromatic N) is 2. The van der Waals surface area contributed by atoms with E-state index in [1.807, 2.05) is 25.1 Å². The first kappa shape index (κ1) is 23.4. The smallest absolute Gasteiger partial charge is 0.251 e. The van der Waals surface area contributed by atoms with Crippen molar-refractivity contribution in [2.24, 2.45) is 0 Å². The van der Waals surface area contributed by atoms with Crippen LogP contribution in [0, 0.1) is 12.7 Å². The van der Waals surface area contributed by atoms with Crippen molar-refractivity contribution in [3.63, 3.8) is 0 Å². The summed E-state index contributed by atoms with van der Waals surface area (Å²) in [4.78, 5) is 15.0. The van der Waals surface area contributed by atoms with Gasteiger partial charge in [-0.15, -0.1) is 0 Å². The first-order valence-electron chi connectivity index (χ1n) is 10.5. The van der Waals surface area contributed by atoms with Crippen molar-refractivity contribution < 1.29 is 17.6 Å². The van der Waals surface area contributed by atoms with Crippen LogP contribution in [0.25, 0.3) is 0 Å². The number of rotatable bonds is 7. The predicted octanol–water partition coefficient (Wildman–Crippen LogP) is 3.34. The highest BCUT2D eigenvalue weighted by molar-refractivity contribution is 7.89. The molecule has 1 aliphatic rings. The fraction of sp³-hybridized carbons (Fsp3) is 0.435. The van der Waals surface area contributed by atoms with Gasteiger partial charge in [0.15, 0.2) is 0 Å². The van der Waals surface area contributed by atoms with Gasteiger partial charge in [-0.3, -0.25) is 4.79 Å². The molecule has 0 aromatic heterocycles. The van der Waals surface area contributed by atoms with E-state index >= 15 is 0 Å². The number of carbonyl (C=O) groups excluding carboxylic acids is 1. The molecule has 1 aliphatic heterocycles. The van der Waals surface area contributed by atoms with Crippen LogP contribution in [0.1, 0.15) is 46.8 Å². The third-order valence-electron chi connectivity index (χ3n) is 5.72. The fourth-order valence-corrected chi connectivity index (χ4v) is 5.40. The lowest BCUT2D eigenvalue weighted by atomic mass is 10.0. The minimum atomic E-state index is -3.62. The van der Waals surface area contributed by atoms with Gasteiger partial charge < -0.3 is 10.2 Å². The molecule has 1 fully saturated rings. The van der Waals surface area contributed by atoms with E-state index in [2.05, 4.69) is 5.32 Å². The molecule has 1 atom stereocenters. The highest BCUT2D eigenvalue weighted by atomic mass is 32.2. The van der Waals surface area contributed by atoms with Gasteiger partial charge in [0.25, 0.3) is 5.91 Å². The summed E-state index contributed by atoms with van der Waals surface area (Å²) in [5, 5.41) is 2.89. The highest BCUT2D eigenvalue weighted by Crippen LogP contribution is 2.23. The molecule has 0 spiro atoms. The van der Waals surface area contributed by atoms with E-state index in [0.717, 1.165) is 24.8 Å². The average molecular weight is 448 g/mol. The molecule has 1 saturated heterocycles. The molecule has 0 aliphatic carbocycles. The Kier molecular flexibility index (Phi) is 7.46. The van der Waals surface area contributed by atoms with Gasteiger partial charge in [-0.05, 0) is 69.3 Å². The Labute approximate surface area is 184 Å². The van der Waals surface area contributed by atoms with E-state index in [1.165, 1.54) is 22.5 Å².